The molecule has 2 amide bonds. The van der Waals surface area contributed by atoms with E-state index < -0.39 is 40.6 Å². The molecule has 0 spiro atoms. The SMILES string of the molecule is Cc1nn(-c2cc(OC3CN(C(=O)N4N=CCC4c4cc(F)cc(F)c4)C3)c(F)cn2)c(C)c1[N+](=O)[O-]. The summed E-state index contributed by atoms with van der Waals surface area (Å²) in [5.74, 6) is -2.26. The molecule has 11 nitrogen and oxygen atoms in total. The van der Waals surface area contributed by atoms with Crippen LogP contribution in [0.2, 0.25) is 0 Å². The van der Waals surface area contributed by atoms with Crippen LogP contribution in [0, 0.1) is 41.4 Å². The van der Waals surface area contributed by atoms with E-state index in [1.54, 1.807) is 0 Å². The normalized spacial score (nSPS) is 17.3. The molecule has 14 heteroatoms. The summed E-state index contributed by atoms with van der Waals surface area (Å²) in [4.78, 5) is 29.1. The van der Waals surface area contributed by atoms with Gasteiger partial charge in [-0.05, 0) is 31.5 Å². The van der Waals surface area contributed by atoms with E-state index in [2.05, 4.69) is 15.2 Å². The Morgan fingerprint density at radius 2 is 1.84 bits per heavy atom. The van der Waals surface area contributed by atoms with Gasteiger partial charge in [-0.1, -0.05) is 0 Å². The lowest BCUT2D eigenvalue weighted by Gasteiger charge is -2.41. The van der Waals surface area contributed by atoms with Crippen LogP contribution in [0.25, 0.3) is 5.82 Å². The lowest BCUT2D eigenvalue weighted by molar-refractivity contribution is -0.386. The van der Waals surface area contributed by atoms with Crippen LogP contribution in [-0.4, -0.2) is 61.0 Å². The van der Waals surface area contributed by atoms with Crippen molar-refractivity contribution in [2.45, 2.75) is 32.4 Å². The predicted octanol–water partition coefficient (Wildman–Crippen LogP) is 3.83. The summed E-state index contributed by atoms with van der Waals surface area (Å²) in [7, 11) is 0. The zero-order valence-electron chi connectivity index (χ0n) is 19.6. The molecule has 192 valence electrons. The fraction of sp³-hybridized carbons (Fsp3) is 0.304. The molecule has 0 saturated carbocycles. The van der Waals surface area contributed by atoms with Crippen LogP contribution >= 0.6 is 0 Å². The first-order valence-corrected chi connectivity index (χ1v) is 11.2. The van der Waals surface area contributed by atoms with Crippen molar-refractivity contribution in [3.63, 3.8) is 0 Å². The molecule has 1 unspecified atom stereocenters. The van der Waals surface area contributed by atoms with Crippen LogP contribution in [0.5, 0.6) is 5.75 Å². The minimum absolute atomic E-state index is 0.123. The number of rotatable bonds is 5. The number of benzene rings is 1. The number of carbonyl (C=O) groups excluding carboxylic acids is 1. The Labute approximate surface area is 207 Å². The number of hydrogen-bond donors (Lipinski definition) is 0. The number of carbonyl (C=O) groups is 1. The molecule has 0 bridgehead atoms. The third kappa shape index (κ3) is 4.45. The number of urea groups is 1. The first-order chi connectivity index (χ1) is 17.6. The number of halogens is 3. The highest BCUT2D eigenvalue weighted by Gasteiger charge is 2.39. The largest absolute Gasteiger partial charge is 0.483 e. The quantitative estimate of drug-likeness (QED) is 0.377. The lowest BCUT2D eigenvalue weighted by Crippen LogP contribution is -2.58. The summed E-state index contributed by atoms with van der Waals surface area (Å²) in [6, 6.07) is 3.22. The van der Waals surface area contributed by atoms with Crippen LogP contribution in [0.1, 0.15) is 29.4 Å². The summed E-state index contributed by atoms with van der Waals surface area (Å²) in [6.07, 6.45) is 2.19. The topological polar surface area (TPSA) is 119 Å². The minimum Gasteiger partial charge on any atom is -0.483 e. The van der Waals surface area contributed by atoms with Gasteiger partial charge in [-0.25, -0.2) is 32.6 Å². The number of hydrogen-bond acceptors (Lipinski definition) is 7. The molecule has 4 heterocycles. The monoisotopic (exact) mass is 515 g/mol. The molecule has 37 heavy (non-hydrogen) atoms. The predicted molar refractivity (Wildman–Crippen MR) is 123 cm³/mol. The van der Waals surface area contributed by atoms with E-state index in [1.807, 2.05) is 0 Å². The highest BCUT2D eigenvalue weighted by atomic mass is 19.1. The molecule has 2 aliphatic rings. The molecule has 1 saturated heterocycles. The highest BCUT2D eigenvalue weighted by molar-refractivity contribution is 5.79. The Balaban J connectivity index is 1.26. The van der Waals surface area contributed by atoms with Crippen molar-refractivity contribution in [1.82, 2.24) is 24.7 Å². The number of hydrazone groups is 1. The van der Waals surface area contributed by atoms with Gasteiger partial charge < -0.3 is 9.64 Å². The molecular weight excluding hydrogens is 495 g/mol. The van der Waals surface area contributed by atoms with Crippen molar-refractivity contribution < 1.29 is 27.6 Å². The van der Waals surface area contributed by atoms with Gasteiger partial charge in [0.1, 0.15) is 29.1 Å². The molecule has 5 rings (SSSR count). The number of aryl methyl sites for hydroxylation is 1. The van der Waals surface area contributed by atoms with Gasteiger partial charge in [0.2, 0.25) is 0 Å². The zero-order chi connectivity index (χ0) is 26.4. The first kappa shape index (κ1) is 24.2. The van der Waals surface area contributed by atoms with Gasteiger partial charge in [0.05, 0.1) is 30.3 Å². The van der Waals surface area contributed by atoms with Gasteiger partial charge in [0, 0.05) is 24.8 Å². The van der Waals surface area contributed by atoms with E-state index >= 15 is 0 Å². The van der Waals surface area contributed by atoms with Gasteiger partial charge >= 0.3 is 11.7 Å². The van der Waals surface area contributed by atoms with E-state index in [-0.39, 0.29) is 47.3 Å². The molecule has 0 aliphatic carbocycles. The number of nitro groups is 1. The number of nitrogens with zero attached hydrogens (tertiary/aromatic N) is 7. The molecule has 0 N–H and O–H groups in total. The highest BCUT2D eigenvalue weighted by Crippen LogP contribution is 2.32. The third-order valence-electron chi connectivity index (χ3n) is 6.17. The van der Waals surface area contributed by atoms with Crippen molar-refractivity contribution in [3.05, 3.63) is 75.0 Å². The number of ether oxygens (including phenoxy) is 1. The van der Waals surface area contributed by atoms with Gasteiger partial charge in [0.25, 0.3) is 0 Å². The van der Waals surface area contributed by atoms with Gasteiger partial charge in [-0.3, -0.25) is 10.1 Å². The number of likely N-dealkylation sites (tertiary alicyclic amines) is 1. The van der Waals surface area contributed by atoms with Crippen LogP contribution in [-0.2, 0) is 0 Å². The second-order valence-corrected chi connectivity index (χ2v) is 8.69. The van der Waals surface area contributed by atoms with Gasteiger partial charge in [-0.15, -0.1) is 0 Å². The molecule has 3 aromatic rings. The van der Waals surface area contributed by atoms with Crippen molar-refractivity contribution in [3.8, 4) is 11.6 Å². The van der Waals surface area contributed by atoms with E-state index in [0.29, 0.717) is 6.42 Å². The Kier molecular flexibility index (Phi) is 6.01. The fourth-order valence-electron chi connectivity index (χ4n) is 4.37. The van der Waals surface area contributed by atoms with Crippen LogP contribution < -0.4 is 4.74 Å². The van der Waals surface area contributed by atoms with E-state index in [9.17, 15) is 28.1 Å². The van der Waals surface area contributed by atoms with Crippen molar-refractivity contribution in [2.75, 3.05) is 13.1 Å². The minimum atomic E-state index is -0.750. The second kappa shape index (κ2) is 9.19. The van der Waals surface area contributed by atoms with Crippen LogP contribution in [0.4, 0.5) is 23.7 Å². The molecule has 0 radical (unpaired) electrons. The van der Waals surface area contributed by atoms with Gasteiger partial charge in [0.15, 0.2) is 17.4 Å². The maximum atomic E-state index is 14.4. The third-order valence-corrected chi connectivity index (χ3v) is 6.17. The van der Waals surface area contributed by atoms with Crippen LogP contribution in [0.3, 0.4) is 0 Å². The van der Waals surface area contributed by atoms with Crippen molar-refractivity contribution >= 4 is 17.9 Å². The number of pyridine rings is 1. The molecular formula is C23H20F3N7O4. The number of aromatic nitrogens is 3. The fourth-order valence-corrected chi connectivity index (χ4v) is 4.37. The molecule has 1 aromatic carbocycles. The Hall–Kier alpha value is -4.49. The Morgan fingerprint density at radius 1 is 1.14 bits per heavy atom. The molecule has 1 atom stereocenters. The smallest absolute Gasteiger partial charge is 0.341 e. The summed E-state index contributed by atoms with van der Waals surface area (Å²) in [5.41, 5.74) is 0.540. The maximum absolute atomic E-state index is 14.4. The van der Waals surface area contributed by atoms with Crippen LogP contribution in [0.15, 0.2) is 35.6 Å². The van der Waals surface area contributed by atoms with E-state index in [1.165, 1.54) is 35.7 Å². The molecule has 2 aliphatic heterocycles. The van der Waals surface area contributed by atoms with Gasteiger partial charge in [-0.2, -0.15) is 10.2 Å². The molecule has 2 aromatic heterocycles. The average molecular weight is 515 g/mol. The number of amides is 2. The van der Waals surface area contributed by atoms with Crippen molar-refractivity contribution in [2.24, 2.45) is 5.10 Å². The summed E-state index contributed by atoms with van der Waals surface area (Å²) < 4.78 is 48.7. The zero-order valence-corrected chi connectivity index (χ0v) is 19.6. The standard InChI is InChI=1S/C23H20F3N7O4/c1-12-22(33(35)36)13(2)31(29-12)21-8-20(18(26)9-27-21)37-17-10-30(11-17)23(34)32-19(3-4-28-32)14-5-15(24)7-16(25)6-14/h4-9,17,19H,3,10-11H2,1-2H3. The Bertz CT molecular complexity index is 1420. The lowest BCUT2D eigenvalue weighted by atomic mass is 10.0. The first-order valence-electron chi connectivity index (χ1n) is 11.2. The average Bonchev–Trinajstić information content (AvgIpc) is 3.40. The summed E-state index contributed by atoms with van der Waals surface area (Å²) in [5, 5.41) is 20.6. The Morgan fingerprint density at radius 3 is 2.49 bits per heavy atom. The molecule has 1 fully saturated rings. The van der Waals surface area contributed by atoms with E-state index in [4.69, 9.17) is 4.74 Å². The summed E-state index contributed by atoms with van der Waals surface area (Å²) in [6.45, 7) is 3.24. The second-order valence-electron chi connectivity index (χ2n) is 8.69. The summed E-state index contributed by atoms with van der Waals surface area (Å²) >= 11 is 0. The van der Waals surface area contributed by atoms with E-state index in [0.717, 1.165) is 29.4 Å². The van der Waals surface area contributed by atoms with Crippen molar-refractivity contribution in [1.29, 1.82) is 0 Å². The maximum Gasteiger partial charge on any atom is 0.341 e.